The Hall–Kier alpha value is -1.10. The lowest BCUT2D eigenvalue weighted by Crippen LogP contribution is -2.46. The maximum Gasteiger partial charge on any atom is 0.320 e. The van der Waals surface area contributed by atoms with Crippen molar-refractivity contribution in [2.45, 2.75) is 38.1 Å². The van der Waals surface area contributed by atoms with Crippen LogP contribution >= 0.6 is 0 Å². The molecule has 5 nitrogen and oxygen atoms in total. The van der Waals surface area contributed by atoms with Crippen molar-refractivity contribution in [2.24, 2.45) is 0 Å². The van der Waals surface area contributed by atoms with E-state index in [1.165, 1.54) is 0 Å². The fourth-order valence-corrected chi connectivity index (χ4v) is 1.81. The molecule has 1 spiro atoms. The zero-order chi connectivity index (χ0) is 10.4. The van der Waals surface area contributed by atoms with Gasteiger partial charge in [-0.2, -0.15) is 0 Å². The zero-order valence-electron chi connectivity index (χ0n) is 8.16. The molecule has 0 unspecified atom stereocenters. The summed E-state index contributed by atoms with van der Waals surface area (Å²) >= 11 is 0. The second-order valence-electron chi connectivity index (χ2n) is 4.26. The summed E-state index contributed by atoms with van der Waals surface area (Å²) in [5.41, 5.74) is -0.419. The van der Waals surface area contributed by atoms with Crippen LogP contribution in [0.3, 0.4) is 0 Å². The van der Waals surface area contributed by atoms with Crippen LogP contribution < -0.4 is 0 Å². The first-order valence-electron chi connectivity index (χ1n) is 4.49. The molecule has 2 aliphatic heterocycles. The fraction of sp³-hybridized carbons (Fsp3) is 0.778. The van der Waals surface area contributed by atoms with Crippen LogP contribution in [-0.4, -0.2) is 29.9 Å². The van der Waals surface area contributed by atoms with Gasteiger partial charge >= 0.3 is 11.9 Å². The highest BCUT2D eigenvalue weighted by atomic mass is 16.8. The van der Waals surface area contributed by atoms with Crippen LogP contribution in [-0.2, 0) is 23.8 Å². The Labute approximate surface area is 81.3 Å². The molecule has 0 amide bonds. The highest BCUT2D eigenvalue weighted by Gasteiger charge is 2.53. The Morgan fingerprint density at radius 3 is 2.14 bits per heavy atom. The summed E-state index contributed by atoms with van der Waals surface area (Å²) in [4.78, 5) is 22.1. The van der Waals surface area contributed by atoms with E-state index in [9.17, 15) is 9.59 Å². The Morgan fingerprint density at radius 2 is 1.71 bits per heavy atom. The summed E-state index contributed by atoms with van der Waals surface area (Å²) in [6, 6.07) is 0. The summed E-state index contributed by atoms with van der Waals surface area (Å²) in [6.07, 6.45) is 0.0830. The lowest BCUT2D eigenvalue weighted by atomic mass is 10.0. The molecule has 5 heteroatoms. The molecule has 0 saturated carbocycles. The average Bonchev–Trinajstić information content (AvgIpc) is 2.23. The molecule has 2 aliphatic rings. The lowest BCUT2D eigenvalue weighted by molar-refractivity contribution is -0.242. The highest BCUT2D eigenvalue weighted by Crippen LogP contribution is 2.38. The molecular formula is C9H12O5. The van der Waals surface area contributed by atoms with Crippen LogP contribution in [0.2, 0.25) is 0 Å². The molecule has 14 heavy (non-hydrogen) atoms. The molecule has 0 bridgehead atoms. The summed E-state index contributed by atoms with van der Waals surface area (Å²) in [6.45, 7) is 3.84. The van der Waals surface area contributed by atoms with Gasteiger partial charge in [0.2, 0.25) is 0 Å². The molecule has 0 atom stereocenters. The summed E-state index contributed by atoms with van der Waals surface area (Å²) in [5.74, 6) is -2.25. The van der Waals surface area contributed by atoms with Gasteiger partial charge in [-0.15, -0.1) is 0 Å². The van der Waals surface area contributed by atoms with Crippen molar-refractivity contribution in [1.29, 1.82) is 0 Å². The van der Waals surface area contributed by atoms with Crippen molar-refractivity contribution in [3.8, 4) is 0 Å². The predicted octanol–water partition coefficient (Wildman–Crippen LogP) is 0.372. The van der Waals surface area contributed by atoms with Crippen molar-refractivity contribution in [3.05, 3.63) is 0 Å². The average molecular weight is 200 g/mol. The van der Waals surface area contributed by atoms with E-state index in [4.69, 9.17) is 14.2 Å². The van der Waals surface area contributed by atoms with E-state index in [1.807, 2.05) is 13.8 Å². The minimum absolute atomic E-state index is 0.123. The van der Waals surface area contributed by atoms with Gasteiger partial charge in [-0.3, -0.25) is 9.59 Å². The number of carbonyl (C=O) groups is 2. The van der Waals surface area contributed by atoms with E-state index in [2.05, 4.69) is 0 Å². The molecule has 0 aromatic rings. The summed E-state index contributed by atoms with van der Waals surface area (Å²) in [5, 5.41) is 0. The second kappa shape index (κ2) is 2.70. The van der Waals surface area contributed by atoms with Gasteiger partial charge in [0.15, 0.2) is 0 Å². The van der Waals surface area contributed by atoms with Gasteiger partial charge in [-0.1, -0.05) is 0 Å². The third kappa shape index (κ3) is 1.59. The molecular weight excluding hydrogens is 188 g/mol. The third-order valence-electron chi connectivity index (χ3n) is 2.27. The van der Waals surface area contributed by atoms with Gasteiger partial charge in [-0.05, 0) is 13.8 Å². The van der Waals surface area contributed by atoms with Crippen LogP contribution in [0.4, 0.5) is 0 Å². The molecule has 2 saturated heterocycles. The molecule has 0 aromatic heterocycles. The van der Waals surface area contributed by atoms with Crippen LogP contribution in [0.25, 0.3) is 0 Å². The van der Waals surface area contributed by atoms with E-state index >= 15 is 0 Å². The van der Waals surface area contributed by atoms with E-state index < -0.39 is 23.3 Å². The number of esters is 2. The Morgan fingerprint density at radius 1 is 1.14 bits per heavy atom. The van der Waals surface area contributed by atoms with Crippen LogP contribution in [0.5, 0.6) is 0 Å². The maximum absolute atomic E-state index is 11.1. The smallest absolute Gasteiger partial charge is 0.320 e. The third-order valence-corrected chi connectivity index (χ3v) is 2.27. The molecule has 2 rings (SSSR count). The molecule has 0 N–H and O–H groups in total. The summed E-state index contributed by atoms with van der Waals surface area (Å²) in [7, 11) is 0. The SMILES string of the molecule is CC1(C)CC2(CO1)OC(=O)CC(=O)O2. The topological polar surface area (TPSA) is 61.8 Å². The quantitative estimate of drug-likeness (QED) is 0.417. The number of hydrogen-bond donors (Lipinski definition) is 0. The van der Waals surface area contributed by atoms with Crippen molar-refractivity contribution in [3.63, 3.8) is 0 Å². The lowest BCUT2D eigenvalue weighted by Gasteiger charge is -2.31. The number of hydrogen-bond acceptors (Lipinski definition) is 5. The standard InChI is InChI=1S/C9H12O5/c1-8(2)4-9(5-12-8)13-6(10)3-7(11)14-9/h3-5H2,1-2H3. The van der Waals surface area contributed by atoms with Gasteiger partial charge in [0, 0.05) is 0 Å². The molecule has 2 heterocycles. The number of ether oxygens (including phenoxy) is 3. The maximum atomic E-state index is 11.1. The predicted molar refractivity (Wildman–Crippen MR) is 44.2 cm³/mol. The second-order valence-corrected chi connectivity index (χ2v) is 4.26. The molecule has 0 aromatic carbocycles. The Balaban J connectivity index is 2.17. The van der Waals surface area contributed by atoms with Crippen LogP contribution in [0.1, 0.15) is 26.7 Å². The molecule has 0 aliphatic carbocycles. The molecule has 2 fully saturated rings. The highest BCUT2D eigenvalue weighted by molar-refractivity contribution is 5.93. The van der Waals surface area contributed by atoms with Crippen LogP contribution in [0, 0.1) is 0 Å². The normalized spacial score (nSPS) is 28.7. The van der Waals surface area contributed by atoms with Crippen molar-refractivity contribution in [2.75, 3.05) is 6.61 Å². The van der Waals surface area contributed by atoms with Gasteiger partial charge in [0.1, 0.15) is 13.0 Å². The van der Waals surface area contributed by atoms with Crippen molar-refractivity contribution >= 4 is 11.9 Å². The van der Waals surface area contributed by atoms with Crippen molar-refractivity contribution in [1.82, 2.24) is 0 Å². The monoisotopic (exact) mass is 200 g/mol. The number of carbonyl (C=O) groups excluding carboxylic acids is 2. The Bertz CT molecular complexity index is 278. The van der Waals surface area contributed by atoms with Gasteiger partial charge in [0.25, 0.3) is 5.79 Å². The van der Waals surface area contributed by atoms with Crippen LogP contribution in [0.15, 0.2) is 0 Å². The minimum atomic E-state index is -1.17. The molecule has 0 radical (unpaired) electrons. The molecule has 78 valence electrons. The summed E-state index contributed by atoms with van der Waals surface area (Å²) < 4.78 is 15.4. The van der Waals surface area contributed by atoms with E-state index in [0.29, 0.717) is 6.42 Å². The van der Waals surface area contributed by atoms with Gasteiger partial charge in [-0.25, -0.2) is 0 Å². The zero-order valence-corrected chi connectivity index (χ0v) is 8.16. The van der Waals surface area contributed by atoms with Gasteiger partial charge in [0.05, 0.1) is 12.0 Å². The van der Waals surface area contributed by atoms with E-state index in [1.54, 1.807) is 0 Å². The minimum Gasteiger partial charge on any atom is -0.419 e. The Kier molecular flexibility index (Phi) is 1.82. The fourth-order valence-electron chi connectivity index (χ4n) is 1.81. The number of rotatable bonds is 0. The largest absolute Gasteiger partial charge is 0.419 e. The first-order valence-corrected chi connectivity index (χ1v) is 4.49. The van der Waals surface area contributed by atoms with E-state index in [0.717, 1.165) is 0 Å². The van der Waals surface area contributed by atoms with E-state index in [-0.39, 0.29) is 13.0 Å². The first kappa shape index (κ1) is 9.45. The first-order chi connectivity index (χ1) is 6.41. The van der Waals surface area contributed by atoms with Gasteiger partial charge < -0.3 is 14.2 Å². The van der Waals surface area contributed by atoms with Crippen molar-refractivity contribution < 1.29 is 23.8 Å².